The van der Waals surface area contributed by atoms with E-state index in [1.165, 1.54) is 12.1 Å². The highest BCUT2D eigenvalue weighted by Crippen LogP contribution is 2.28. The maximum atomic E-state index is 13.2. The van der Waals surface area contributed by atoms with E-state index < -0.39 is 5.97 Å². The van der Waals surface area contributed by atoms with E-state index in [-0.39, 0.29) is 18.1 Å². The van der Waals surface area contributed by atoms with Gasteiger partial charge in [0, 0.05) is 5.56 Å². The second-order valence-corrected chi connectivity index (χ2v) is 6.07. The van der Waals surface area contributed by atoms with Gasteiger partial charge in [-0.15, -0.1) is 0 Å². The lowest BCUT2D eigenvalue weighted by Gasteiger charge is -2.08. The number of fused-ring (bicyclic) bond motifs is 1. The first-order valence-corrected chi connectivity index (χ1v) is 8.36. The molecule has 2 heterocycles. The molecule has 4 rings (SSSR count). The summed E-state index contributed by atoms with van der Waals surface area (Å²) in [6, 6.07) is 16.9. The number of hydrogen-bond donors (Lipinski definition) is 0. The molecule has 0 aliphatic rings. The van der Waals surface area contributed by atoms with Crippen molar-refractivity contribution in [2.24, 2.45) is 0 Å². The molecule has 27 heavy (non-hydrogen) atoms. The second kappa shape index (κ2) is 6.99. The smallest absolute Gasteiger partial charge is 0.339 e. The van der Waals surface area contributed by atoms with Gasteiger partial charge in [-0.1, -0.05) is 35.5 Å². The number of benzene rings is 2. The van der Waals surface area contributed by atoms with Crippen LogP contribution in [0.25, 0.3) is 22.4 Å². The third-order valence-electron chi connectivity index (χ3n) is 4.19. The Morgan fingerprint density at radius 1 is 1.11 bits per heavy atom. The fourth-order valence-corrected chi connectivity index (χ4v) is 2.83. The lowest BCUT2D eigenvalue weighted by molar-refractivity contribution is 0.0475. The molecule has 0 atom stereocenters. The van der Waals surface area contributed by atoms with Crippen LogP contribution in [0.2, 0.25) is 0 Å². The molecule has 0 unspecified atom stereocenters. The summed E-state index contributed by atoms with van der Waals surface area (Å²) < 4.78 is 23.9. The number of aromatic nitrogens is 2. The van der Waals surface area contributed by atoms with Gasteiger partial charge in [0.05, 0.1) is 22.3 Å². The SMILES string of the molecule is Cc1noc2nc(-c3ccc(F)cc3)cc(C(=O)OCc3ccccc3)c12. The van der Waals surface area contributed by atoms with Crippen LogP contribution >= 0.6 is 0 Å². The highest BCUT2D eigenvalue weighted by atomic mass is 19.1. The van der Waals surface area contributed by atoms with Gasteiger partial charge < -0.3 is 9.26 Å². The predicted molar refractivity (Wildman–Crippen MR) is 97.5 cm³/mol. The summed E-state index contributed by atoms with van der Waals surface area (Å²) in [6.45, 7) is 1.89. The Hall–Kier alpha value is -3.54. The van der Waals surface area contributed by atoms with Gasteiger partial charge in [-0.05, 0) is 42.8 Å². The largest absolute Gasteiger partial charge is 0.457 e. The maximum absolute atomic E-state index is 13.2. The van der Waals surface area contributed by atoms with Crippen LogP contribution in [-0.2, 0) is 11.3 Å². The molecular formula is C21H15FN2O3. The van der Waals surface area contributed by atoms with Crippen LogP contribution in [0.1, 0.15) is 21.6 Å². The van der Waals surface area contributed by atoms with E-state index in [4.69, 9.17) is 9.26 Å². The van der Waals surface area contributed by atoms with E-state index in [1.807, 2.05) is 30.3 Å². The molecule has 0 saturated heterocycles. The fraction of sp³-hybridized carbons (Fsp3) is 0.0952. The number of halogens is 1. The van der Waals surface area contributed by atoms with Crippen molar-refractivity contribution in [3.05, 3.63) is 83.3 Å². The minimum absolute atomic E-state index is 0.152. The molecule has 134 valence electrons. The Balaban J connectivity index is 1.72. The van der Waals surface area contributed by atoms with Crippen molar-refractivity contribution in [2.45, 2.75) is 13.5 Å². The van der Waals surface area contributed by atoms with Crippen LogP contribution in [0.15, 0.2) is 65.2 Å². The van der Waals surface area contributed by atoms with Gasteiger partial charge in [0.25, 0.3) is 5.71 Å². The summed E-state index contributed by atoms with van der Waals surface area (Å²) in [5.74, 6) is -0.848. The number of esters is 1. The van der Waals surface area contributed by atoms with Crippen LogP contribution in [-0.4, -0.2) is 16.1 Å². The van der Waals surface area contributed by atoms with Crippen molar-refractivity contribution >= 4 is 17.1 Å². The fourth-order valence-electron chi connectivity index (χ4n) is 2.83. The maximum Gasteiger partial charge on any atom is 0.339 e. The average molecular weight is 362 g/mol. The van der Waals surface area contributed by atoms with Gasteiger partial charge in [0.1, 0.15) is 12.4 Å². The van der Waals surface area contributed by atoms with Crippen molar-refractivity contribution in [1.29, 1.82) is 0 Å². The van der Waals surface area contributed by atoms with E-state index in [0.717, 1.165) is 5.56 Å². The molecule has 2 aromatic carbocycles. The Labute approximate surface area is 154 Å². The summed E-state index contributed by atoms with van der Waals surface area (Å²) in [4.78, 5) is 17.1. The van der Waals surface area contributed by atoms with Crippen molar-refractivity contribution < 1.29 is 18.4 Å². The molecule has 0 radical (unpaired) electrons. The van der Waals surface area contributed by atoms with Gasteiger partial charge in [-0.25, -0.2) is 14.2 Å². The van der Waals surface area contributed by atoms with E-state index in [0.29, 0.717) is 27.9 Å². The molecule has 4 aromatic rings. The molecular weight excluding hydrogens is 347 g/mol. The molecule has 0 bridgehead atoms. The summed E-state index contributed by atoms with van der Waals surface area (Å²) in [6.07, 6.45) is 0. The van der Waals surface area contributed by atoms with Gasteiger partial charge in [0.2, 0.25) is 0 Å². The highest BCUT2D eigenvalue weighted by molar-refractivity contribution is 6.04. The van der Waals surface area contributed by atoms with Crippen molar-refractivity contribution in [1.82, 2.24) is 10.1 Å². The monoisotopic (exact) mass is 362 g/mol. The summed E-state index contributed by atoms with van der Waals surface area (Å²) >= 11 is 0. The van der Waals surface area contributed by atoms with E-state index in [1.54, 1.807) is 25.1 Å². The molecule has 0 fully saturated rings. The zero-order valence-corrected chi connectivity index (χ0v) is 14.5. The lowest BCUT2D eigenvalue weighted by Crippen LogP contribution is -2.07. The third-order valence-corrected chi connectivity index (χ3v) is 4.19. The van der Waals surface area contributed by atoms with E-state index in [2.05, 4.69) is 10.1 Å². The van der Waals surface area contributed by atoms with Crippen LogP contribution in [0.5, 0.6) is 0 Å². The molecule has 2 aromatic heterocycles. The molecule has 0 aliphatic carbocycles. The average Bonchev–Trinajstić information content (AvgIpc) is 3.08. The number of ether oxygens (including phenoxy) is 1. The predicted octanol–water partition coefficient (Wildman–Crippen LogP) is 4.69. The Morgan fingerprint density at radius 3 is 2.59 bits per heavy atom. The van der Waals surface area contributed by atoms with E-state index in [9.17, 15) is 9.18 Å². The topological polar surface area (TPSA) is 65.2 Å². The number of hydrogen-bond acceptors (Lipinski definition) is 5. The van der Waals surface area contributed by atoms with Crippen molar-refractivity contribution in [3.63, 3.8) is 0 Å². The summed E-state index contributed by atoms with van der Waals surface area (Å²) in [7, 11) is 0. The van der Waals surface area contributed by atoms with Gasteiger partial charge in [0.15, 0.2) is 0 Å². The van der Waals surface area contributed by atoms with Gasteiger partial charge in [-0.3, -0.25) is 0 Å². The standard InChI is InChI=1S/C21H15FN2O3/c1-13-19-17(21(25)26-12-14-5-3-2-4-6-14)11-18(23-20(19)27-24-13)15-7-9-16(22)10-8-15/h2-11H,12H2,1H3. The number of carbonyl (C=O) groups is 1. The van der Waals surface area contributed by atoms with Crippen molar-refractivity contribution in [2.75, 3.05) is 0 Å². The number of carbonyl (C=O) groups excluding carboxylic acids is 1. The molecule has 0 aliphatic heterocycles. The highest BCUT2D eigenvalue weighted by Gasteiger charge is 2.20. The molecule has 0 spiro atoms. The molecule has 0 saturated carbocycles. The number of nitrogens with zero attached hydrogens (tertiary/aromatic N) is 2. The molecule has 6 heteroatoms. The number of aryl methyl sites for hydroxylation is 1. The van der Waals surface area contributed by atoms with Crippen LogP contribution in [0.3, 0.4) is 0 Å². The Morgan fingerprint density at radius 2 is 1.85 bits per heavy atom. The minimum atomic E-state index is -0.499. The van der Waals surface area contributed by atoms with Crippen molar-refractivity contribution in [3.8, 4) is 11.3 Å². The van der Waals surface area contributed by atoms with E-state index >= 15 is 0 Å². The first-order valence-electron chi connectivity index (χ1n) is 8.36. The first-order chi connectivity index (χ1) is 13.1. The van der Waals surface area contributed by atoms with Gasteiger partial charge in [-0.2, -0.15) is 0 Å². The summed E-state index contributed by atoms with van der Waals surface area (Å²) in [5.41, 5.74) is 3.12. The zero-order chi connectivity index (χ0) is 18.8. The summed E-state index contributed by atoms with van der Waals surface area (Å²) in [5, 5.41) is 4.41. The van der Waals surface area contributed by atoms with Crippen LogP contribution < -0.4 is 0 Å². The number of pyridine rings is 1. The molecule has 5 nitrogen and oxygen atoms in total. The Bertz CT molecular complexity index is 1110. The number of rotatable bonds is 4. The van der Waals surface area contributed by atoms with Crippen LogP contribution in [0.4, 0.5) is 4.39 Å². The quantitative estimate of drug-likeness (QED) is 0.493. The molecule has 0 amide bonds. The normalized spacial score (nSPS) is 10.9. The second-order valence-electron chi connectivity index (χ2n) is 6.07. The first kappa shape index (κ1) is 16.9. The third kappa shape index (κ3) is 3.42. The molecule has 0 N–H and O–H groups in total. The van der Waals surface area contributed by atoms with Gasteiger partial charge >= 0.3 is 5.97 Å². The van der Waals surface area contributed by atoms with Crippen LogP contribution in [0, 0.1) is 12.7 Å². The lowest BCUT2D eigenvalue weighted by atomic mass is 10.1. The Kier molecular flexibility index (Phi) is 4.38. The minimum Gasteiger partial charge on any atom is -0.457 e. The zero-order valence-electron chi connectivity index (χ0n) is 14.5.